The van der Waals surface area contributed by atoms with Gasteiger partial charge in [0.1, 0.15) is 12.3 Å². The molecule has 1 aromatic carbocycles. The molecule has 0 saturated carbocycles. The first kappa shape index (κ1) is 22.5. The van der Waals surface area contributed by atoms with E-state index in [0.29, 0.717) is 19.5 Å². The van der Waals surface area contributed by atoms with Crippen molar-refractivity contribution in [1.82, 2.24) is 15.6 Å². The average molecular weight is 420 g/mol. The number of hydrogen-bond donors (Lipinski definition) is 2. The molecule has 2 aromatic rings. The van der Waals surface area contributed by atoms with Crippen molar-refractivity contribution in [3.8, 4) is 0 Å². The van der Waals surface area contributed by atoms with E-state index in [4.69, 9.17) is 9.47 Å². The first-order chi connectivity index (χ1) is 13.8. The Labute approximate surface area is 173 Å². The van der Waals surface area contributed by atoms with Gasteiger partial charge in [-0.2, -0.15) is 0 Å². The number of benzene rings is 1. The molecule has 156 valence electrons. The highest BCUT2D eigenvalue weighted by Crippen LogP contribution is 2.15. The highest BCUT2D eigenvalue weighted by Gasteiger charge is 2.27. The third-order valence-corrected chi connectivity index (χ3v) is 4.94. The van der Waals surface area contributed by atoms with Gasteiger partial charge < -0.3 is 14.8 Å². The maximum absolute atomic E-state index is 12.1. The second-order valence-electron chi connectivity index (χ2n) is 6.94. The van der Waals surface area contributed by atoms with Crippen LogP contribution < -0.4 is 10.6 Å². The summed E-state index contributed by atoms with van der Waals surface area (Å²) >= 11 is 1.33. The molecule has 2 N–H and O–H groups in total. The van der Waals surface area contributed by atoms with Gasteiger partial charge in [0.25, 0.3) is 5.91 Å². The number of methoxy groups -OCH3 is 1. The molecule has 0 aliphatic rings. The Morgan fingerprint density at radius 3 is 2.59 bits per heavy atom. The highest BCUT2D eigenvalue weighted by molar-refractivity contribution is 7.09. The highest BCUT2D eigenvalue weighted by atomic mass is 32.1. The van der Waals surface area contributed by atoms with Gasteiger partial charge in [-0.05, 0) is 19.4 Å². The van der Waals surface area contributed by atoms with Crippen LogP contribution in [0.5, 0.6) is 0 Å². The van der Waals surface area contributed by atoms with Crippen molar-refractivity contribution in [2.45, 2.75) is 26.9 Å². The Hall–Kier alpha value is -2.78. The van der Waals surface area contributed by atoms with E-state index in [0.717, 1.165) is 10.6 Å². The number of alkyl carbamates (subject to hydrolysis) is 1. The minimum Gasteiger partial charge on any atom is -0.469 e. The van der Waals surface area contributed by atoms with Gasteiger partial charge in [-0.1, -0.05) is 30.3 Å². The molecule has 1 aromatic heterocycles. The van der Waals surface area contributed by atoms with Gasteiger partial charge in [0.2, 0.25) is 0 Å². The van der Waals surface area contributed by atoms with Crippen molar-refractivity contribution in [2.75, 3.05) is 20.2 Å². The number of carbonyl (C=O) groups excluding carboxylic acids is 3. The minimum atomic E-state index is -0.819. The number of amides is 2. The topological polar surface area (TPSA) is 107 Å². The van der Waals surface area contributed by atoms with Crippen molar-refractivity contribution in [1.29, 1.82) is 0 Å². The lowest BCUT2D eigenvalue weighted by molar-refractivity contribution is -0.150. The zero-order valence-electron chi connectivity index (χ0n) is 16.7. The van der Waals surface area contributed by atoms with E-state index >= 15 is 0 Å². The standard InChI is InChI=1S/C20H25N3O5S/c1-20(2,18(25)27-3)13-21-10-9-16-22-15(12-29-16)17(24)23-19(26)28-11-14-7-5-4-6-8-14/h4-8,12,21H,9-11,13H2,1-3H3,(H,23,24,26). The Kier molecular flexibility index (Phi) is 8.29. The number of esters is 1. The maximum atomic E-state index is 12.1. The largest absolute Gasteiger partial charge is 0.469 e. The fourth-order valence-corrected chi connectivity index (χ4v) is 3.17. The molecule has 0 aliphatic heterocycles. The van der Waals surface area contributed by atoms with Crippen molar-refractivity contribution in [2.24, 2.45) is 5.41 Å². The maximum Gasteiger partial charge on any atom is 0.414 e. The molecule has 1 heterocycles. The molecule has 9 heteroatoms. The van der Waals surface area contributed by atoms with E-state index in [1.54, 1.807) is 19.2 Å². The van der Waals surface area contributed by atoms with E-state index in [1.807, 2.05) is 30.3 Å². The van der Waals surface area contributed by atoms with Gasteiger partial charge >= 0.3 is 12.1 Å². The van der Waals surface area contributed by atoms with Crippen LogP contribution in [0.15, 0.2) is 35.7 Å². The Morgan fingerprint density at radius 1 is 1.17 bits per heavy atom. The summed E-state index contributed by atoms with van der Waals surface area (Å²) in [4.78, 5) is 39.8. The van der Waals surface area contributed by atoms with E-state index in [2.05, 4.69) is 15.6 Å². The minimum absolute atomic E-state index is 0.0792. The third kappa shape index (κ3) is 7.28. The molecule has 0 bridgehead atoms. The van der Waals surface area contributed by atoms with Gasteiger partial charge in [-0.25, -0.2) is 9.78 Å². The van der Waals surface area contributed by atoms with Crippen LogP contribution in [0, 0.1) is 5.41 Å². The number of thiazole rings is 1. The zero-order valence-corrected chi connectivity index (χ0v) is 17.5. The van der Waals surface area contributed by atoms with Gasteiger partial charge in [-0.15, -0.1) is 11.3 Å². The second kappa shape index (κ2) is 10.7. The van der Waals surface area contributed by atoms with Crippen molar-refractivity contribution < 1.29 is 23.9 Å². The summed E-state index contributed by atoms with van der Waals surface area (Å²) in [6.07, 6.45) is -0.228. The van der Waals surface area contributed by atoms with Crippen LogP contribution in [0.3, 0.4) is 0 Å². The van der Waals surface area contributed by atoms with Crippen LogP contribution in [-0.4, -0.2) is 43.2 Å². The molecule has 0 unspecified atom stereocenters. The zero-order chi connectivity index (χ0) is 21.3. The van der Waals surface area contributed by atoms with Crippen molar-refractivity contribution in [3.63, 3.8) is 0 Å². The molecule has 2 rings (SSSR count). The first-order valence-corrected chi connectivity index (χ1v) is 9.95. The number of imide groups is 1. The summed E-state index contributed by atoms with van der Waals surface area (Å²) in [6, 6.07) is 9.18. The lowest BCUT2D eigenvalue weighted by Gasteiger charge is -2.21. The van der Waals surface area contributed by atoms with E-state index in [9.17, 15) is 14.4 Å². The van der Waals surface area contributed by atoms with Crippen LogP contribution in [0.4, 0.5) is 4.79 Å². The third-order valence-electron chi connectivity index (χ3n) is 4.03. The first-order valence-electron chi connectivity index (χ1n) is 9.07. The van der Waals surface area contributed by atoms with Gasteiger partial charge in [0, 0.05) is 24.9 Å². The Balaban J connectivity index is 1.73. The molecule has 0 spiro atoms. The second-order valence-corrected chi connectivity index (χ2v) is 7.89. The van der Waals surface area contributed by atoms with Crippen LogP contribution in [0.2, 0.25) is 0 Å². The van der Waals surface area contributed by atoms with E-state index in [1.165, 1.54) is 18.4 Å². The molecule has 0 radical (unpaired) electrons. The summed E-state index contributed by atoms with van der Waals surface area (Å²) in [7, 11) is 1.36. The average Bonchev–Trinajstić information content (AvgIpc) is 3.19. The molecule has 29 heavy (non-hydrogen) atoms. The number of aromatic nitrogens is 1. The lowest BCUT2D eigenvalue weighted by Crippen LogP contribution is -2.37. The van der Waals surface area contributed by atoms with E-state index in [-0.39, 0.29) is 18.3 Å². The number of ether oxygens (including phenoxy) is 2. The molecule has 8 nitrogen and oxygen atoms in total. The monoisotopic (exact) mass is 419 g/mol. The smallest absolute Gasteiger partial charge is 0.414 e. The number of nitrogens with one attached hydrogen (secondary N) is 2. The molecular weight excluding hydrogens is 394 g/mol. The van der Waals surface area contributed by atoms with Gasteiger partial charge in [-0.3, -0.25) is 14.9 Å². The van der Waals surface area contributed by atoms with Gasteiger partial charge in [0.05, 0.1) is 17.5 Å². The number of carbonyl (C=O) groups is 3. The quantitative estimate of drug-likeness (QED) is 0.475. The summed E-state index contributed by atoms with van der Waals surface area (Å²) in [5.41, 5.74) is 0.369. The Bertz CT molecular complexity index is 836. The summed E-state index contributed by atoms with van der Waals surface area (Å²) < 4.78 is 9.79. The molecule has 0 aliphatic carbocycles. The predicted octanol–water partition coefficient (Wildman–Crippen LogP) is 2.54. The molecule has 0 atom stereocenters. The fourth-order valence-electron chi connectivity index (χ4n) is 2.39. The molecule has 2 amide bonds. The normalized spacial score (nSPS) is 11.0. The van der Waals surface area contributed by atoms with Crippen molar-refractivity contribution >= 4 is 29.3 Å². The number of rotatable bonds is 9. The van der Waals surface area contributed by atoms with Crippen LogP contribution in [0.25, 0.3) is 0 Å². The van der Waals surface area contributed by atoms with E-state index < -0.39 is 17.4 Å². The van der Waals surface area contributed by atoms with Crippen LogP contribution >= 0.6 is 11.3 Å². The fraction of sp³-hybridized carbons (Fsp3) is 0.400. The SMILES string of the molecule is COC(=O)C(C)(C)CNCCc1nc(C(=O)NC(=O)OCc2ccccc2)cs1. The molecule has 0 fully saturated rings. The lowest BCUT2D eigenvalue weighted by atomic mass is 9.94. The predicted molar refractivity (Wildman–Crippen MR) is 109 cm³/mol. The van der Waals surface area contributed by atoms with Gasteiger partial charge in [0.15, 0.2) is 0 Å². The van der Waals surface area contributed by atoms with Crippen LogP contribution in [0.1, 0.15) is 34.9 Å². The summed E-state index contributed by atoms with van der Waals surface area (Å²) in [5, 5.41) is 7.68. The summed E-state index contributed by atoms with van der Waals surface area (Å²) in [5.74, 6) is -0.886. The number of nitrogens with zero attached hydrogens (tertiary/aromatic N) is 1. The molecular formula is C20H25N3O5S. The molecule has 0 saturated heterocycles. The van der Waals surface area contributed by atoms with Crippen molar-refractivity contribution in [3.05, 3.63) is 52.0 Å². The van der Waals surface area contributed by atoms with Crippen LogP contribution in [-0.2, 0) is 27.3 Å². The summed E-state index contributed by atoms with van der Waals surface area (Å²) in [6.45, 7) is 4.73. The number of hydrogen-bond acceptors (Lipinski definition) is 8. The Morgan fingerprint density at radius 2 is 1.90 bits per heavy atom.